The average Bonchev–Trinajstić information content (AvgIpc) is 2.17. The van der Waals surface area contributed by atoms with Gasteiger partial charge in [-0.1, -0.05) is 32.9 Å². The van der Waals surface area contributed by atoms with Crippen LogP contribution >= 0.6 is 0 Å². The van der Waals surface area contributed by atoms with Crippen molar-refractivity contribution in [2.75, 3.05) is 0 Å². The van der Waals surface area contributed by atoms with Gasteiger partial charge in [0.05, 0.1) is 0 Å². The molecule has 0 heterocycles. The van der Waals surface area contributed by atoms with Crippen LogP contribution in [0.2, 0.25) is 0 Å². The maximum atomic E-state index is 11.9. The van der Waals surface area contributed by atoms with Crippen molar-refractivity contribution >= 4 is 0 Å². The second-order valence-corrected chi connectivity index (χ2v) is 3.98. The van der Waals surface area contributed by atoms with Gasteiger partial charge in [0.15, 0.2) is 0 Å². The fraction of sp³-hybridized carbons (Fsp3) is 0.500. The Hall–Kier alpha value is -1.12. The van der Waals surface area contributed by atoms with E-state index in [0.29, 0.717) is 11.8 Å². The first-order chi connectivity index (χ1) is 7.00. The zero-order valence-corrected chi connectivity index (χ0v) is 9.21. The van der Waals surface area contributed by atoms with Crippen LogP contribution in [0.3, 0.4) is 0 Å². The molecule has 0 N–H and O–H groups in total. The fourth-order valence-electron chi connectivity index (χ4n) is 1.34. The molecule has 0 bridgehead atoms. The van der Waals surface area contributed by atoms with Gasteiger partial charge in [-0.15, -0.1) is 0 Å². The Morgan fingerprint density at radius 1 is 1.00 bits per heavy atom. The summed E-state index contributed by atoms with van der Waals surface area (Å²) in [5.74, 6) is 1.17. The van der Waals surface area contributed by atoms with Crippen molar-refractivity contribution in [2.24, 2.45) is 5.92 Å². The summed E-state index contributed by atoms with van der Waals surface area (Å²) < 4.78 is 28.0. The number of hydrogen-bond donors (Lipinski definition) is 0. The highest BCUT2D eigenvalue weighted by molar-refractivity contribution is 5.29. The number of rotatable bonds is 4. The molecule has 1 rings (SSSR count). The van der Waals surface area contributed by atoms with E-state index in [9.17, 15) is 8.78 Å². The highest BCUT2D eigenvalue weighted by Gasteiger charge is 2.10. The molecule has 1 aromatic carbocycles. The zero-order valence-electron chi connectivity index (χ0n) is 9.21. The first-order valence-electron chi connectivity index (χ1n) is 5.05. The number of alkyl halides is 2. The quantitative estimate of drug-likeness (QED) is 0.734. The maximum Gasteiger partial charge on any atom is 0.387 e. The van der Waals surface area contributed by atoms with Gasteiger partial charge >= 0.3 is 6.61 Å². The van der Waals surface area contributed by atoms with Gasteiger partial charge in [-0.3, -0.25) is 0 Å². The third-order valence-corrected chi connectivity index (χ3v) is 2.63. The number of benzene rings is 1. The zero-order chi connectivity index (χ0) is 11.4. The van der Waals surface area contributed by atoms with Crippen molar-refractivity contribution < 1.29 is 13.5 Å². The van der Waals surface area contributed by atoms with Crippen LogP contribution in [-0.4, -0.2) is 6.61 Å². The molecule has 84 valence electrons. The molecular weight excluding hydrogens is 198 g/mol. The highest BCUT2D eigenvalue weighted by Crippen LogP contribution is 2.25. The highest BCUT2D eigenvalue weighted by atomic mass is 19.3. The Balaban J connectivity index is 2.72. The smallest absolute Gasteiger partial charge is 0.387 e. The molecule has 0 saturated carbocycles. The van der Waals surface area contributed by atoms with Crippen LogP contribution in [0.1, 0.15) is 32.3 Å². The lowest BCUT2D eigenvalue weighted by molar-refractivity contribution is -0.0498. The lowest BCUT2D eigenvalue weighted by atomic mass is 9.90. The van der Waals surface area contributed by atoms with Gasteiger partial charge in [-0.2, -0.15) is 8.78 Å². The van der Waals surface area contributed by atoms with Crippen LogP contribution in [0.5, 0.6) is 5.75 Å². The van der Waals surface area contributed by atoms with Crippen molar-refractivity contribution in [1.29, 1.82) is 0 Å². The van der Waals surface area contributed by atoms with Crippen LogP contribution in [-0.2, 0) is 0 Å². The van der Waals surface area contributed by atoms with Crippen LogP contribution in [0.25, 0.3) is 0 Å². The molecule has 0 amide bonds. The SMILES string of the molecule is CC(C)C(C)c1ccc(OC(F)F)cc1. The summed E-state index contributed by atoms with van der Waals surface area (Å²) in [5, 5.41) is 0. The molecule has 15 heavy (non-hydrogen) atoms. The largest absolute Gasteiger partial charge is 0.435 e. The van der Waals surface area contributed by atoms with Gasteiger partial charge in [0.1, 0.15) is 5.75 Å². The Morgan fingerprint density at radius 2 is 1.53 bits per heavy atom. The van der Waals surface area contributed by atoms with Crippen molar-refractivity contribution in [1.82, 2.24) is 0 Å². The number of halogens is 2. The molecule has 1 atom stereocenters. The number of hydrogen-bond acceptors (Lipinski definition) is 1. The van der Waals surface area contributed by atoms with E-state index in [4.69, 9.17) is 0 Å². The van der Waals surface area contributed by atoms with Gasteiger partial charge in [0, 0.05) is 0 Å². The van der Waals surface area contributed by atoms with E-state index in [0.717, 1.165) is 5.56 Å². The molecule has 0 aromatic heterocycles. The molecule has 3 heteroatoms. The maximum absolute atomic E-state index is 11.9. The first-order valence-corrected chi connectivity index (χ1v) is 5.05. The lowest BCUT2D eigenvalue weighted by Gasteiger charge is -2.16. The molecule has 1 unspecified atom stereocenters. The van der Waals surface area contributed by atoms with Crippen molar-refractivity contribution in [3.05, 3.63) is 29.8 Å². The fourth-order valence-corrected chi connectivity index (χ4v) is 1.34. The Kier molecular flexibility index (Phi) is 4.06. The minimum atomic E-state index is -2.75. The molecule has 0 aliphatic heterocycles. The Morgan fingerprint density at radius 3 is 1.93 bits per heavy atom. The van der Waals surface area contributed by atoms with Crippen LogP contribution in [0.15, 0.2) is 24.3 Å². The summed E-state index contributed by atoms with van der Waals surface area (Å²) in [6, 6.07) is 6.84. The van der Waals surface area contributed by atoms with Crippen LogP contribution in [0, 0.1) is 5.92 Å². The predicted octanol–water partition coefficient (Wildman–Crippen LogP) is 4.05. The summed E-state index contributed by atoms with van der Waals surface area (Å²) in [4.78, 5) is 0. The van der Waals surface area contributed by atoms with Crippen LogP contribution in [0.4, 0.5) is 8.78 Å². The molecule has 0 aliphatic carbocycles. The minimum absolute atomic E-state index is 0.213. The summed E-state index contributed by atoms with van der Waals surface area (Å²) in [5.41, 5.74) is 1.15. The van der Waals surface area contributed by atoms with E-state index in [-0.39, 0.29) is 5.75 Å². The van der Waals surface area contributed by atoms with Gasteiger partial charge in [0.25, 0.3) is 0 Å². The van der Waals surface area contributed by atoms with Gasteiger partial charge in [0.2, 0.25) is 0 Å². The van der Waals surface area contributed by atoms with Crippen molar-refractivity contribution in [3.63, 3.8) is 0 Å². The Bertz CT molecular complexity index is 293. The molecule has 1 aromatic rings. The normalized spacial score (nSPS) is 13.3. The lowest BCUT2D eigenvalue weighted by Crippen LogP contribution is -2.04. The summed E-state index contributed by atoms with van der Waals surface area (Å²) >= 11 is 0. The van der Waals surface area contributed by atoms with Gasteiger partial charge in [-0.05, 0) is 29.5 Å². The topological polar surface area (TPSA) is 9.23 Å². The van der Waals surface area contributed by atoms with Crippen molar-refractivity contribution in [2.45, 2.75) is 33.3 Å². The average molecular weight is 214 g/mol. The van der Waals surface area contributed by atoms with E-state index in [2.05, 4.69) is 25.5 Å². The molecule has 0 aliphatic rings. The van der Waals surface area contributed by atoms with E-state index in [1.54, 1.807) is 12.1 Å². The summed E-state index contributed by atoms with van der Waals surface area (Å²) in [6.07, 6.45) is 0. The predicted molar refractivity (Wildman–Crippen MR) is 56.3 cm³/mol. The minimum Gasteiger partial charge on any atom is -0.435 e. The second kappa shape index (κ2) is 5.10. The van der Waals surface area contributed by atoms with E-state index >= 15 is 0 Å². The molecular formula is C12H16F2O. The molecule has 1 nitrogen and oxygen atoms in total. The summed E-state index contributed by atoms with van der Waals surface area (Å²) in [7, 11) is 0. The third kappa shape index (κ3) is 3.50. The van der Waals surface area contributed by atoms with Gasteiger partial charge in [-0.25, -0.2) is 0 Å². The van der Waals surface area contributed by atoms with Crippen molar-refractivity contribution in [3.8, 4) is 5.75 Å². The molecule has 0 fully saturated rings. The molecule has 0 spiro atoms. The molecule has 0 saturated heterocycles. The standard InChI is InChI=1S/C12H16F2O/c1-8(2)9(3)10-4-6-11(7-5-10)15-12(13)14/h4-9,12H,1-3H3. The number of ether oxygens (including phenoxy) is 1. The molecule has 0 radical (unpaired) electrons. The van der Waals surface area contributed by atoms with E-state index in [1.807, 2.05) is 12.1 Å². The van der Waals surface area contributed by atoms with Crippen LogP contribution < -0.4 is 4.74 Å². The summed E-state index contributed by atoms with van der Waals surface area (Å²) in [6.45, 7) is 3.63. The first kappa shape index (κ1) is 12.0. The third-order valence-electron chi connectivity index (χ3n) is 2.63. The van der Waals surface area contributed by atoms with E-state index < -0.39 is 6.61 Å². The Labute approximate surface area is 89.1 Å². The van der Waals surface area contributed by atoms with Gasteiger partial charge < -0.3 is 4.74 Å². The monoisotopic (exact) mass is 214 g/mol. The second-order valence-electron chi connectivity index (χ2n) is 3.98. The van der Waals surface area contributed by atoms with E-state index in [1.165, 1.54) is 0 Å².